The van der Waals surface area contributed by atoms with Crippen LogP contribution in [-0.2, 0) is 5.88 Å². The van der Waals surface area contributed by atoms with Crippen molar-refractivity contribution in [1.82, 2.24) is 9.97 Å². The van der Waals surface area contributed by atoms with Gasteiger partial charge in [0.1, 0.15) is 11.5 Å². The normalized spacial score (nSPS) is 10.3. The van der Waals surface area contributed by atoms with Gasteiger partial charge >= 0.3 is 0 Å². The molecule has 0 bridgehead atoms. The third-order valence-electron chi connectivity index (χ3n) is 2.50. The average molecular weight is 313 g/mol. The maximum Gasteiger partial charge on any atom is 0.228 e. The van der Waals surface area contributed by atoms with Gasteiger partial charge in [-0.15, -0.1) is 11.6 Å². The van der Waals surface area contributed by atoms with Gasteiger partial charge in [-0.1, -0.05) is 30.7 Å². The summed E-state index contributed by atoms with van der Waals surface area (Å²) >= 11 is 11.8. The van der Waals surface area contributed by atoms with E-state index >= 15 is 0 Å². The largest absolute Gasteiger partial charge is 0.490 e. The van der Waals surface area contributed by atoms with E-state index < -0.39 is 0 Å². The third-order valence-corrected chi connectivity index (χ3v) is 3.10. The van der Waals surface area contributed by atoms with Crippen molar-refractivity contribution in [3.8, 4) is 17.4 Å². The summed E-state index contributed by atoms with van der Waals surface area (Å²) in [5.41, 5.74) is 0.557. The molecule has 2 rings (SSSR count). The second-order valence-electron chi connectivity index (χ2n) is 3.98. The molecular weight excluding hydrogens is 299 g/mol. The summed E-state index contributed by atoms with van der Waals surface area (Å²) in [7, 11) is 0. The number of nitrogens with zero attached hydrogens (tertiary/aromatic N) is 2. The van der Waals surface area contributed by atoms with Gasteiger partial charge in [0, 0.05) is 0 Å². The summed E-state index contributed by atoms with van der Waals surface area (Å²) < 4.78 is 11.4. The Bertz CT molecular complexity index is 579. The first-order valence-electron chi connectivity index (χ1n) is 6.21. The van der Waals surface area contributed by atoms with Crippen molar-refractivity contribution < 1.29 is 9.47 Å². The minimum absolute atomic E-state index is 0.174. The molecule has 4 nitrogen and oxygen atoms in total. The molecule has 0 fully saturated rings. The van der Waals surface area contributed by atoms with Gasteiger partial charge in [-0.25, -0.2) is 9.97 Å². The van der Waals surface area contributed by atoms with Crippen LogP contribution in [0.5, 0.6) is 17.4 Å². The Balaban J connectivity index is 2.28. The van der Waals surface area contributed by atoms with Gasteiger partial charge < -0.3 is 9.47 Å². The summed E-state index contributed by atoms with van der Waals surface area (Å²) in [4.78, 5) is 7.95. The first-order valence-corrected chi connectivity index (χ1v) is 7.12. The molecule has 0 aliphatic heterocycles. The van der Waals surface area contributed by atoms with Crippen LogP contribution in [0, 0.1) is 0 Å². The van der Waals surface area contributed by atoms with Crippen molar-refractivity contribution in [2.45, 2.75) is 19.2 Å². The summed E-state index contributed by atoms with van der Waals surface area (Å²) in [5, 5.41) is 0.289. The lowest BCUT2D eigenvalue weighted by Gasteiger charge is -2.13. The lowest BCUT2D eigenvalue weighted by atomic mass is 10.3. The number of aromatic nitrogens is 2. The molecule has 0 radical (unpaired) electrons. The topological polar surface area (TPSA) is 44.2 Å². The van der Waals surface area contributed by atoms with E-state index in [-0.39, 0.29) is 11.0 Å². The molecule has 2 aromatic rings. The van der Waals surface area contributed by atoms with Crippen LogP contribution < -0.4 is 9.47 Å². The predicted molar refractivity (Wildman–Crippen MR) is 78.9 cm³/mol. The van der Waals surface area contributed by atoms with Crippen LogP contribution in [0.4, 0.5) is 0 Å². The van der Waals surface area contributed by atoms with Gasteiger partial charge in [-0.3, -0.25) is 0 Å². The highest BCUT2D eigenvalue weighted by Crippen LogP contribution is 2.33. The lowest BCUT2D eigenvalue weighted by molar-refractivity contribution is 0.300. The van der Waals surface area contributed by atoms with Gasteiger partial charge in [0.15, 0.2) is 11.5 Å². The smallest absolute Gasteiger partial charge is 0.228 e. The number of hydrogen-bond donors (Lipinski definition) is 0. The summed E-state index contributed by atoms with van der Waals surface area (Å²) in [5.74, 6) is 1.74. The summed E-state index contributed by atoms with van der Waals surface area (Å²) in [6.45, 7) is 2.66. The third kappa shape index (κ3) is 3.52. The van der Waals surface area contributed by atoms with Crippen molar-refractivity contribution >= 4 is 23.2 Å². The molecule has 0 aliphatic carbocycles. The zero-order valence-corrected chi connectivity index (χ0v) is 12.5. The molecule has 0 atom stereocenters. The lowest BCUT2D eigenvalue weighted by Crippen LogP contribution is -2.00. The highest BCUT2D eigenvalue weighted by molar-refractivity contribution is 6.31. The van der Waals surface area contributed by atoms with E-state index in [2.05, 4.69) is 9.97 Å². The van der Waals surface area contributed by atoms with Crippen LogP contribution in [0.3, 0.4) is 0 Å². The van der Waals surface area contributed by atoms with E-state index in [0.717, 1.165) is 6.42 Å². The van der Waals surface area contributed by atoms with E-state index in [1.807, 2.05) is 25.1 Å². The predicted octanol–water partition coefficient (Wildman–Crippen LogP) is 4.45. The van der Waals surface area contributed by atoms with Gasteiger partial charge in [-0.05, 0) is 18.6 Å². The fraction of sp³-hybridized carbons (Fsp3) is 0.286. The van der Waals surface area contributed by atoms with E-state index in [9.17, 15) is 0 Å². The molecule has 106 valence electrons. The molecule has 0 N–H and O–H groups in total. The molecule has 6 heteroatoms. The van der Waals surface area contributed by atoms with Gasteiger partial charge in [0.25, 0.3) is 0 Å². The molecule has 0 unspecified atom stereocenters. The van der Waals surface area contributed by atoms with Crippen LogP contribution in [0.25, 0.3) is 0 Å². The minimum Gasteiger partial charge on any atom is -0.490 e. The fourth-order valence-corrected chi connectivity index (χ4v) is 2.05. The Morgan fingerprint density at radius 1 is 1.15 bits per heavy atom. The van der Waals surface area contributed by atoms with Gasteiger partial charge in [0.05, 0.1) is 18.1 Å². The van der Waals surface area contributed by atoms with Gasteiger partial charge in [0.2, 0.25) is 5.88 Å². The SMILES string of the molecule is CCCOc1ccccc1Oc1ncnc(Cl)c1CCl. The summed E-state index contributed by atoms with van der Waals surface area (Å²) in [6.07, 6.45) is 2.25. The standard InChI is InChI=1S/C14H14Cl2N2O2/c1-2-7-19-11-5-3-4-6-12(11)20-14-10(8-15)13(16)17-9-18-14/h3-6,9H,2,7-8H2,1H3. The number of benzene rings is 1. The molecule has 0 aliphatic rings. The van der Waals surface area contributed by atoms with E-state index in [1.54, 1.807) is 6.07 Å². The van der Waals surface area contributed by atoms with Gasteiger partial charge in [-0.2, -0.15) is 0 Å². The zero-order chi connectivity index (χ0) is 14.4. The Labute approximate surface area is 127 Å². The molecule has 0 saturated heterocycles. The molecule has 1 aromatic carbocycles. The first-order chi connectivity index (χ1) is 9.76. The van der Waals surface area contributed by atoms with Crippen molar-refractivity contribution in [1.29, 1.82) is 0 Å². The number of alkyl halides is 1. The Kier molecular flexibility index (Phi) is 5.44. The molecule has 1 heterocycles. The van der Waals surface area contributed by atoms with Crippen LogP contribution >= 0.6 is 23.2 Å². The zero-order valence-electron chi connectivity index (χ0n) is 11.0. The first kappa shape index (κ1) is 14.9. The van der Waals surface area contributed by atoms with Crippen molar-refractivity contribution in [2.24, 2.45) is 0 Å². The Morgan fingerprint density at radius 2 is 1.90 bits per heavy atom. The molecular formula is C14H14Cl2N2O2. The molecule has 0 spiro atoms. The maximum atomic E-state index is 5.97. The Hall–Kier alpha value is -1.52. The summed E-state index contributed by atoms with van der Waals surface area (Å²) in [6, 6.07) is 7.39. The molecule has 0 saturated carbocycles. The van der Waals surface area contributed by atoms with E-state index in [4.69, 9.17) is 32.7 Å². The average Bonchev–Trinajstić information content (AvgIpc) is 2.47. The van der Waals surface area contributed by atoms with E-state index in [1.165, 1.54) is 6.33 Å². The number of hydrogen-bond acceptors (Lipinski definition) is 4. The monoisotopic (exact) mass is 312 g/mol. The van der Waals surface area contributed by atoms with Crippen LogP contribution in [0.1, 0.15) is 18.9 Å². The fourth-order valence-electron chi connectivity index (χ4n) is 1.55. The second kappa shape index (κ2) is 7.31. The molecule has 0 amide bonds. The Morgan fingerprint density at radius 3 is 2.60 bits per heavy atom. The molecule has 1 aromatic heterocycles. The number of rotatable bonds is 6. The van der Waals surface area contributed by atoms with E-state index in [0.29, 0.717) is 29.5 Å². The minimum atomic E-state index is 0.174. The van der Waals surface area contributed by atoms with Crippen LogP contribution in [0.2, 0.25) is 5.15 Å². The highest BCUT2D eigenvalue weighted by Gasteiger charge is 2.13. The van der Waals surface area contributed by atoms with Crippen LogP contribution in [-0.4, -0.2) is 16.6 Å². The number of ether oxygens (including phenoxy) is 2. The number of para-hydroxylation sites is 2. The highest BCUT2D eigenvalue weighted by atomic mass is 35.5. The van der Waals surface area contributed by atoms with Crippen molar-refractivity contribution in [2.75, 3.05) is 6.61 Å². The van der Waals surface area contributed by atoms with Crippen LogP contribution in [0.15, 0.2) is 30.6 Å². The van der Waals surface area contributed by atoms with Crippen molar-refractivity contribution in [3.05, 3.63) is 41.3 Å². The van der Waals surface area contributed by atoms with Crippen molar-refractivity contribution in [3.63, 3.8) is 0 Å². The second-order valence-corrected chi connectivity index (χ2v) is 4.60. The maximum absolute atomic E-state index is 5.97. The number of halogens is 2. The molecule has 20 heavy (non-hydrogen) atoms. The quantitative estimate of drug-likeness (QED) is 0.584.